The average molecular weight is 461 g/mol. The van der Waals surface area contributed by atoms with Crippen molar-refractivity contribution in [2.45, 2.75) is 38.9 Å². The summed E-state index contributed by atoms with van der Waals surface area (Å²) in [5.74, 6) is 0.0937. The minimum atomic E-state index is -1.01. The Hall–Kier alpha value is -2.57. The number of para-hydroxylation sites is 1. The van der Waals surface area contributed by atoms with Gasteiger partial charge < -0.3 is 15.1 Å². The predicted molar refractivity (Wildman–Crippen MR) is 126 cm³/mol. The molecule has 2 aromatic rings. The zero-order chi connectivity index (χ0) is 22.7. The van der Waals surface area contributed by atoms with Crippen molar-refractivity contribution in [3.8, 4) is 0 Å². The lowest BCUT2D eigenvalue weighted by molar-refractivity contribution is -0.127. The van der Waals surface area contributed by atoms with Gasteiger partial charge in [0.1, 0.15) is 5.84 Å². The van der Waals surface area contributed by atoms with Crippen molar-refractivity contribution < 1.29 is 9.59 Å². The number of nitrogens with one attached hydrogen (secondary N) is 1. The number of anilines is 1. The number of benzodiazepines with no additional fused rings is 1. The lowest BCUT2D eigenvalue weighted by Crippen LogP contribution is -2.49. The molecule has 0 spiro atoms. The van der Waals surface area contributed by atoms with Crippen molar-refractivity contribution in [3.05, 3.63) is 63.6 Å². The fourth-order valence-corrected chi connectivity index (χ4v) is 4.05. The van der Waals surface area contributed by atoms with Crippen LogP contribution in [0.15, 0.2) is 47.5 Å². The van der Waals surface area contributed by atoms with Crippen LogP contribution in [-0.4, -0.2) is 48.9 Å². The molecule has 0 fully saturated rings. The fraction of sp³-hybridized carbons (Fsp3) is 0.348. The van der Waals surface area contributed by atoms with Crippen LogP contribution in [0, 0.1) is 0 Å². The first kappa shape index (κ1) is 23.1. The maximum Gasteiger partial charge on any atom is 0.272 e. The molecule has 2 amide bonds. The van der Waals surface area contributed by atoms with Gasteiger partial charge in [-0.2, -0.15) is 0 Å². The van der Waals surface area contributed by atoms with E-state index in [1.165, 1.54) is 0 Å². The van der Waals surface area contributed by atoms with Gasteiger partial charge in [-0.05, 0) is 50.1 Å². The van der Waals surface area contributed by atoms with E-state index in [-0.39, 0.29) is 24.3 Å². The topological polar surface area (TPSA) is 65.0 Å². The number of carbonyl (C=O) groups is 2. The molecule has 1 N–H and O–H groups in total. The summed E-state index contributed by atoms with van der Waals surface area (Å²) in [5.41, 5.74) is 2.45. The molecule has 6 nitrogen and oxygen atoms in total. The van der Waals surface area contributed by atoms with Crippen molar-refractivity contribution in [1.82, 2.24) is 10.2 Å². The third-order valence-corrected chi connectivity index (χ3v) is 5.59. The number of nitrogens with zero attached hydrogens (tertiary/aromatic N) is 3. The number of aryl methyl sites for hydroxylation is 1. The lowest BCUT2D eigenvalue weighted by atomic mass is 10.1. The third-order valence-electron chi connectivity index (χ3n) is 5.00. The highest BCUT2D eigenvalue weighted by Crippen LogP contribution is 2.28. The number of halogens is 2. The molecular formula is C23H26Cl2N4O2. The first-order chi connectivity index (χ1) is 14.7. The molecular weight excluding hydrogens is 435 g/mol. The molecule has 0 bridgehead atoms. The molecule has 0 saturated heterocycles. The van der Waals surface area contributed by atoms with Crippen LogP contribution < -0.4 is 10.2 Å². The van der Waals surface area contributed by atoms with Gasteiger partial charge in [0, 0.05) is 42.2 Å². The van der Waals surface area contributed by atoms with Crippen molar-refractivity contribution >= 4 is 46.5 Å². The number of carbonyl (C=O) groups excluding carboxylic acids is 2. The monoisotopic (exact) mass is 460 g/mol. The molecule has 1 heterocycles. The number of hydrogen-bond acceptors (Lipinski definition) is 4. The van der Waals surface area contributed by atoms with Crippen LogP contribution >= 0.6 is 23.2 Å². The third kappa shape index (κ3) is 5.20. The van der Waals surface area contributed by atoms with Crippen LogP contribution in [0.4, 0.5) is 5.69 Å². The minimum Gasteiger partial charge on any atom is -0.362 e. The smallest absolute Gasteiger partial charge is 0.272 e. The Morgan fingerprint density at radius 1 is 1.19 bits per heavy atom. The first-order valence-corrected chi connectivity index (χ1v) is 10.9. The van der Waals surface area contributed by atoms with Crippen LogP contribution in [0.25, 0.3) is 0 Å². The number of fused-ring (bicyclic) bond motifs is 1. The Balaban J connectivity index is 1.85. The lowest BCUT2D eigenvalue weighted by Gasteiger charge is -2.29. The molecule has 1 unspecified atom stereocenters. The molecule has 0 aromatic heterocycles. The number of benzene rings is 2. The molecule has 1 aliphatic heterocycles. The van der Waals surface area contributed by atoms with Crippen LogP contribution in [0.5, 0.6) is 0 Å². The first-order valence-electron chi connectivity index (χ1n) is 10.1. The molecule has 3 rings (SSSR count). The van der Waals surface area contributed by atoms with E-state index in [0.717, 1.165) is 16.8 Å². The number of aliphatic imine (C=N–C) groups is 1. The quantitative estimate of drug-likeness (QED) is 0.729. The van der Waals surface area contributed by atoms with E-state index in [2.05, 4.69) is 10.3 Å². The largest absolute Gasteiger partial charge is 0.362 e. The summed E-state index contributed by atoms with van der Waals surface area (Å²) in [6.45, 7) is 3.88. The van der Waals surface area contributed by atoms with E-state index in [9.17, 15) is 9.59 Å². The molecule has 164 valence electrons. The van der Waals surface area contributed by atoms with Gasteiger partial charge in [-0.3, -0.25) is 9.59 Å². The van der Waals surface area contributed by atoms with Gasteiger partial charge in [-0.15, -0.1) is 0 Å². The Morgan fingerprint density at radius 3 is 2.55 bits per heavy atom. The number of amidine groups is 1. The van der Waals surface area contributed by atoms with Crippen LogP contribution in [0.2, 0.25) is 10.0 Å². The van der Waals surface area contributed by atoms with Gasteiger partial charge in [0.15, 0.2) is 0 Å². The summed E-state index contributed by atoms with van der Waals surface area (Å²) in [7, 11) is 3.74. The second-order valence-electron chi connectivity index (χ2n) is 7.87. The summed E-state index contributed by atoms with van der Waals surface area (Å²) in [4.78, 5) is 34.3. The Labute approximate surface area is 192 Å². The average Bonchev–Trinajstić information content (AvgIpc) is 2.82. The molecule has 2 aromatic carbocycles. The van der Waals surface area contributed by atoms with Crippen molar-refractivity contribution in [2.75, 3.05) is 19.0 Å². The molecule has 31 heavy (non-hydrogen) atoms. The van der Waals surface area contributed by atoms with Crippen molar-refractivity contribution in [3.63, 3.8) is 0 Å². The summed E-state index contributed by atoms with van der Waals surface area (Å²) < 4.78 is 0. The highest BCUT2D eigenvalue weighted by Gasteiger charge is 2.34. The maximum absolute atomic E-state index is 13.4. The number of hydrogen-bond donors (Lipinski definition) is 1. The second-order valence-corrected chi connectivity index (χ2v) is 8.72. The zero-order valence-corrected chi connectivity index (χ0v) is 19.5. The zero-order valence-electron chi connectivity index (χ0n) is 18.0. The van der Waals surface area contributed by atoms with Crippen molar-refractivity contribution in [2.24, 2.45) is 4.99 Å². The molecule has 0 saturated carbocycles. The summed E-state index contributed by atoms with van der Waals surface area (Å²) in [6.07, 6.45) is -0.409. The number of rotatable bonds is 5. The van der Waals surface area contributed by atoms with Crippen LogP contribution in [-0.2, 0) is 16.0 Å². The maximum atomic E-state index is 13.4. The van der Waals surface area contributed by atoms with Gasteiger partial charge in [0.25, 0.3) is 5.91 Å². The highest BCUT2D eigenvalue weighted by atomic mass is 35.5. The van der Waals surface area contributed by atoms with E-state index in [0.29, 0.717) is 22.3 Å². The highest BCUT2D eigenvalue weighted by molar-refractivity contribution is 6.35. The van der Waals surface area contributed by atoms with E-state index >= 15 is 0 Å². The normalized spacial score (nSPS) is 16.0. The predicted octanol–water partition coefficient (Wildman–Crippen LogP) is 4.13. The van der Waals surface area contributed by atoms with Gasteiger partial charge in [-0.25, -0.2) is 4.99 Å². The van der Waals surface area contributed by atoms with Gasteiger partial charge >= 0.3 is 0 Å². The SMILES string of the molecule is CC(C)N1C(=O)C(NC(=O)CCc2ccc(Cl)cc2Cl)N=C(N(C)C)c2ccccc21. The van der Waals surface area contributed by atoms with Gasteiger partial charge in [0.05, 0.1) is 5.69 Å². The van der Waals surface area contributed by atoms with Gasteiger partial charge in [0.2, 0.25) is 12.1 Å². The molecule has 0 aliphatic carbocycles. The summed E-state index contributed by atoms with van der Waals surface area (Å²) in [6, 6.07) is 12.7. The van der Waals surface area contributed by atoms with E-state index in [1.54, 1.807) is 23.1 Å². The number of amides is 2. The Kier molecular flexibility index (Phi) is 7.23. The van der Waals surface area contributed by atoms with E-state index < -0.39 is 6.17 Å². The summed E-state index contributed by atoms with van der Waals surface area (Å²) >= 11 is 12.1. The van der Waals surface area contributed by atoms with Crippen molar-refractivity contribution in [1.29, 1.82) is 0 Å². The van der Waals surface area contributed by atoms with E-state index in [4.69, 9.17) is 23.2 Å². The molecule has 1 atom stereocenters. The second kappa shape index (κ2) is 9.71. The molecule has 0 radical (unpaired) electrons. The van der Waals surface area contributed by atoms with Crippen LogP contribution in [0.3, 0.4) is 0 Å². The van der Waals surface area contributed by atoms with Crippen LogP contribution in [0.1, 0.15) is 31.4 Å². The molecule has 8 heteroatoms. The van der Waals surface area contributed by atoms with E-state index in [1.807, 2.05) is 57.1 Å². The fourth-order valence-electron chi connectivity index (χ4n) is 3.55. The summed E-state index contributed by atoms with van der Waals surface area (Å²) in [5, 5.41) is 3.86. The molecule has 1 aliphatic rings. The minimum absolute atomic E-state index is 0.0994. The standard InChI is InChI=1S/C23H26Cl2N4O2/c1-14(2)29-19-8-6-5-7-17(19)22(28(3)4)27-21(23(29)31)26-20(30)12-10-15-9-11-16(24)13-18(15)25/h5-9,11,13-14,21H,10,12H2,1-4H3,(H,26,30). The Morgan fingerprint density at radius 2 is 1.90 bits per heavy atom. The Bertz CT molecular complexity index is 1020. The van der Waals surface area contributed by atoms with Gasteiger partial charge in [-0.1, -0.05) is 41.4 Å².